The Morgan fingerprint density at radius 2 is 1.72 bits per heavy atom. The van der Waals surface area contributed by atoms with E-state index >= 15 is 0 Å². The van der Waals surface area contributed by atoms with E-state index in [1.165, 1.54) is 11.0 Å². The number of nitrogens with zero attached hydrogens (tertiary/aromatic N) is 1. The van der Waals surface area contributed by atoms with E-state index in [0.717, 1.165) is 0 Å². The van der Waals surface area contributed by atoms with Crippen LogP contribution in [0.5, 0.6) is 11.5 Å². The highest BCUT2D eigenvalue weighted by molar-refractivity contribution is 5.91. The number of rotatable bonds is 3. The lowest BCUT2D eigenvalue weighted by Gasteiger charge is -2.25. The van der Waals surface area contributed by atoms with Crippen molar-refractivity contribution in [3.05, 3.63) is 47.8 Å². The zero-order valence-corrected chi connectivity index (χ0v) is 15.1. The summed E-state index contributed by atoms with van der Waals surface area (Å²) in [4.78, 5) is 13.5. The molecule has 1 amide bonds. The van der Waals surface area contributed by atoms with Gasteiger partial charge in [-0.3, -0.25) is 4.90 Å². The molecule has 6 heteroatoms. The SMILES string of the molecule is Cc1ccc(Oc2ccc(N)c(N(C)C(=O)OC(C)(C)C)c2)cc1F. The van der Waals surface area contributed by atoms with Crippen LogP contribution >= 0.6 is 0 Å². The molecule has 0 atom stereocenters. The van der Waals surface area contributed by atoms with Gasteiger partial charge in [0.25, 0.3) is 0 Å². The minimum absolute atomic E-state index is 0.348. The van der Waals surface area contributed by atoms with Crippen LogP contribution in [0.3, 0.4) is 0 Å². The molecule has 2 aromatic rings. The van der Waals surface area contributed by atoms with Gasteiger partial charge in [0.1, 0.15) is 22.9 Å². The number of anilines is 2. The van der Waals surface area contributed by atoms with Crippen molar-refractivity contribution in [1.29, 1.82) is 0 Å². The van der Waals surface area contributed by atoms with Crippen molar-refractivity contribution in [2.75, 3.05) is 17.7 Å². The van der Waals surface area contributed by atoms with Crippen LogP contribution in [0.25, 0.3) is 0 Å². The van der Waals surface area contributed by atoms with Crippen LogP contribution < -0.4 is 15.4 Å². The fourth-order valence-corrected chi connectivity index (χ4v) is 2.08. The van der Waals surface area contributed by atoms with Crippen LogP contribution in [0.15, 0.2) is 36.4 Å². The van der Waals surface area contributed by atoms with Crippen LogP contribution in [0.1, 0.15) is 26.3 Å². The van der Waals surface area contributed by atoms with E-state index in [1.807, 2.05) is 0 Å². The van der Waals surface area contributed by atoms with Crippen molar-refractivity contribution in [3.63, 3.8) is 0 Å². The van der Waals surface area contributed by atoms with Crippen LogP contribution in [0.2, 0.25) is 0 Å². The second kappa shape index (κ2) is 7.01. The zero-order valence-electron chi connectivity index (χ0n) is 15.1. The average molecular weight is 346 g/mol. The lowest BCUT2D eigenvalue weighted by Crippen LogP contribution is -2.34. The fourth-order valence-electron chi connectivity index (χ4n) is 2.08. The molecule has 0 aliphatic rings. The third-order valence-corrected chi connectivity index (χ3v) is 3.41. The van der Waals surface area contributed by atoms with Crippen LogP contribution in [-0.4, -0.2) is 18.7 Å². The molecule has 0 unspecified atom stereocenters. The van der Waals surface area contributed by atoms with Gasteiger partial charge in [-0.15, -0.1) is 0 Å². The van der Waals surface area contributed by atoms with Crippen molar-refractivity contribution in [3.8, 4) is 11.5 Å². The number of aryl methyl sites for hydroxylation is 1. The van der Waals surface area contributed by atoms with Gasteiger partial charge in [-0.05, 0) is 51.5 Å². The van der Waals surface area contributed by atoms with E-state index in [9.17, 15) is 9.18 Å². The maximum atomic E-state index is 13.6. The predicted octanol–water partition coefficient (Wildman–Crippen LogP) is 4.88. The molecule has 0 aliphatic heterocycles. The molecule has 134 valence electrons. The van der Waals surface area contributed by atoms with Crippen LogP contribution in [0, 0.1) is 12.7 Å². The van der Waals surface area contributed by atoms with Crippen LogP contribution in [-0.2, 0) is 4.74 Å². The minimum atomic E-state index is -0.617. The molecule has 0 spiro atoms. The number of ether oxygens (including phenoxy) is 2. The summed E-state index contributed by atoms with van der Waals surface area (Å²) in [6.45, 7) is 7.03. The molecule has 2 N–H and O–H groups in total. The van der Waals surface area contributed by atoms with Gasteiger partial charge in [0, 0.05) is 19.2 Å². The highest BCUT2D eigenvalue weighted by Crippen LogP contribution is 2.31. The molecule has 0 fully saturated rings. The summed E-state index contributed by atoms with van der Waals surface area (Å²) in [6.07, 6.45) is -0.530. The molecule has 5 nitrogen and oxygen atoms in total. The molecular formula is C19H23FN2O3. The molecular weight excluding hydrogens is 323 g/mol. The summed E-state index contributed by atoms with van der Waals surface area (Å²) < 4.78 is 24.7. The third kappa shape index (κ3) is 4.86. The summed E-state index contributed by atoms with van der Waals surface area (Å²) in [5, 5.41) is 0. The van der Waals surface area contributed by atoms with Crippen LogP contribution in [0.4, 0.5) is 20.6 Å². The summed E-state index contributed by atoms with van der Waals surface area (Å²) in [5.41, 5.74) is 6.73. The molecule has 0 saturated carbocycles. The van der Waals surface area contributed by atoms with E-state index in [0.29, 0.717) is 28.4 Å². The molecule has 0 radical (unpaired) electrons. The van der Waals surface area contributed by atoms with E-state index in [4.69, 9.17) is 15.2 Å². The summed E-state index contributed by atoms with van der Waals surface area (Å²) in [5.74, 6) is 0.445. The largest absolute Gasteiger partial charge is 0.457 e. The van der Waals surface area contributed by atoms with Gasteiger partial charge < -0.3 is 15.2 Å². The zero-order chi connectivity index (χ0) is 18.8. The van der Waals surface area contributed by atoms with Gasteiger partial charge in [-0.2, -0.15) is 0 Å². The molecule has 25 heavy (non-hydrogen) atoms. The van der Waals surface area contributed by atoms with E-state index in [-0.39, 0.29) is 5.82 Å². The number of nitrogen functional groups attached to an aromatic ring is 1. The number of amides is 1. The van der Waals surface area contributed by atoms with Gasteiger partial charge >= 0.3 is 6.09 Å². The average Bonchev–Trinajstić information content (AvgIpc) is 2.50. The van der Waals surface area contributed by atoms with Gasteiger partial charge in [0.05, 0.1) is 11.4 Å². The number of hydrogen-bond acceptors (Lipinski definition) is 4. The van der Waals surface area contributed by atoms with Crippen molar-refractivity contribution < 1.29 is 18.7 Å². The molecule has 0 aromatic heterocycles. The summed E-state index contributed by atoms with van der Waals surface area (Å²) >= 11 is 0. The monoisotopic (exact) mass is 346 g/mol. The molecule has 0 aliphatic carbocycles. The highest BCUT2D eigenvalue weighted by Gasteiger charge is 2.22. The summed E-state index contributed by atoms with van der Waals surface area (Å²) in [7, 11) is 1.56. The standard InChI is InChI=1S/C19H23FN2O3/c1-12-6-7-13(10-15(12)20)24-14-8-9-16(21)17(11-14)22(5)18(23)25-19(2,3)4/h6-11H,21H2,1-5H3. The first-order chi connectivity index (χ1) is 11.6. The second-order valence-electron chi connectivity index (χ2n) is 6.77. The van der Waals surface area contributed by atoms with E-state index in [1.54, 1.807) is 65.1 Å². The number of hydrogen-bond donors (Lipinski definition) is 1. The normalized spacial score (nSPS) is 11.1. The molecule has 0 saturated heterocycles. The van der Waals surface area contributed by atoms with Gasteiger partial charge in [-0.25, -0.2) is 9.18 Å². The van der Waals surface area contributed by atoms with Gasteiger partial charge in [0.15, 0.2) is 0 Å². The number of nitrogens with two attached hydrogens (primary N) is 1. The molecule has 0 bridgehead atoms. The van der Waals surface area contributed by atoms with Crippen molar-refractivity contribution in [2.24, 2.45) is 0 Å². The number of carbonyl (C=O) groups is 1. The molecule has 2 aromatic carbocycles. The van der Waals surface area contributed by atoms with E-state index in [2.05, 4.69) is 0 Å². The van der Waals surface area contributed by atoms with E-state index < -0.39 is 11.7 Å². The fraction of sp³-hybridized carbons (Fsp3) is 0.316. The summed E-state index contributed by atoms with van der Waals surface area (Å²) in [6, 6.07) is 9.50. The first kappa shape index (κ1) is 18.6. The Morgan fingerprint density at radius 3 is 2.32 bits per heavy atom. The maximum absolute atomic E-state index is 13.6. The Bertz CT molecular complexity index is 785. The van der Waals surface area contributed by atoms with Gasteiger partial charge in [-0.1, -0.05) is 6.07 Å². The van der Waals surface area contributed by atoms with Crippen molar-refractivity contribution in [2.45, 2.75) is 33.3 Å². The highest BCUT2D eigenvalue weighted by atomic mass is 19.1. The first-order valence-electron chi connectivity index (χ1n) is 7.87. The Morgan fingerprint density at radius 1 is 1.12 bits per heavy atom. The topological polar surface area (TPSA) is 64.8 Å². The molecule has 0 heterocycles. The predicted molar refractivity (Wildman–Crippen MR) is 96.7 cm³/mol. The first-order valence-corrected chi connectivity index (χ1v) is 7.87. The third-order valence-electron chi connectivity index (χ3n) is 3.41. The Hall–Kier alpha value is -2.76. The van der Waals surface area contributed by atoms with Crippen molar-refractivity contribution in [1.82, 2.24) is 0 Å². The Kier molecular flexibility index (Phi) is 5.21. The quantitative estimate of drug-likeness (QED) is 0.805. The van der Waals surface area contributed by atoms with Gasteiger partial charge in [0.2, 0.25) is 0 Å². The Balaban J connectivity index is 2.24. The Labute approximate surface area is 147 Å². The lowest BCUT2D eigenvalue weighted by atomic mass is 10.2. The number of carbonyl (C=O) groups excluding carboxylic acids is 1. The minimum Gasteiger partial charge on any atom is -0.457 e. The second-order valence-corrected chi connectivity index (χ2v) is 6.77. The maximum Gasteiger partial charge on any atom is 0.414 e. The smallest absolute Gasteiger partial charge is 0.414 e. The number of halogens is 1. The number of benzene rings is 2. The van der Waals surface area contributed by atoms with Crippen molar-refractivity contribution >= 4 is 17.5 Å². The lowest BCUT2D eigenvalue weighted by molar-refractivity contribution is 0.0589. The molecule has 2 rings (SSSR count).